The normalized spacial score (nSPS) is 11.7. The third-order valence-corrected chi connectivity index (χ3v) is 6.69. The van der Waals surface area contributed by atoms with Gasteiger partial charge in [0.15, 0.2) is 0 Å². The van der Waals surface area contributed by atoms with E-state index in [0.717, 1.165) is 15.6 Å². The largest absolute Gasteiger partial charge is 0.495 e. The highest BCUT2D eigenvalue weighted by Gasteiger charge is 2.23. The maximum atomic E-state index is 12.5. The van der Waals surface area contributed by atoms with Crippen LogP contribution in [0.2, 0.25) is 0 Å². The van der Waals surface area contributed by atoms with Crippen molar-refractivity contribution in [2.75, 3.05) is 7.11 Å². The summed E-state index contributed by atoms with van der Waals surface area (Å²) in [4.78, 5) is 12.4. The van der Waals surface area contributed by atoms with E-state index in [-0.39, 0.29) is 28.9 Å². The van der Waals surface area contributed by atoms with E-state index >= 15 is 0 Å². The van der Waals surface area contributed by atoms with Crippen LogP contribution in [-0.4, -0.2) is 27.5 Å². The van der Waals surface area contributed by atoms with Gasteiger partial charge in [-0.25, -0.2) is 17.9 Å². The molecule has 3 rings (SSSR count). The van der Waals surface area contributed by atoms with Crippen LogP contribution in [0.5, 0.6) is 5.75 Å². The summed E-state index contributed by atoms with van der Waals surface area (Å²) in [6, 6.07) is 11.8. The standard InChI is InChI=1S/C20H21NO5S2/c1-13(2)21-28(23,24)19-10-14(8-9-17(19)25-3)20(22)26-11-15-12-27-18-7-5-4-6-16(15)18/h4-10,12-13,21H,11H2,1-3H3. The number of carbonyl (C=O) groups excluding carboxylic acids is 1. The molecule has 0 aliphatic rings. The van der Waals surface area contributed by atoms with Crippen molar-refractivity contribution >= 4 is 37.4 Å². The van der Waals surface area contributed by atoms with E-state index in [2.05, 4.69) is 4.72 Å². The molecule has 148 valence electrons. The first-order valence-electron chi connectivity index (χ1n) is 8.64. The third-order valence-electron chi connectivity index (χ3n) is 4.00. The second kappa shape index (κ2) is 8.30. The van der Waals surface area contributed by atoms with E-state index in [1.165, 1.54) is 25.3 Å². The number of methoxy groups -OCH3 is 1. The van der Waals surface area contributed by atoms with Gasteiger partial charge >= 0.3 is 5.97 Å². The lowest BCUT2D eigenvalue weighted by molar-refractivity contribution is 0.0474. The first-order chi connectivity index (χ1) is 13.3. The molecule has 0 bridgehead atoms. The number of hydrogen-bond donors (Lipinski definition) is 1. The Hall–Kier alpha value is -2.42. The number of benzene rings is 2. The zero-order valence-electron chi connectivity index (χ0n) is 15.8. The Morgan fingerprint density at radius 2 is 1.93 bits per heavy atom. The number of hydrogen-bond acceptors (Lipinski definition) is 6. The number of ether oxygens (including phenoxy) is 2. The molecule has 0 saturated carbocycles. The first kappa shape index (κ1) is 20.3. The average molecular weight is 420 g/mol. The first-order valence-corrected chi connectivity index (χ1v) is 11.0. The molecular weight excluding hydrogens is 398 g/mol. The summed E-state index contributed by atoms with van der Waals surface area (Å²) in [6.07, 6.45) is 0. The summed E-state index contributed by atoms with van der Waals surface area (Å²) in [5.74, 6) is -0.438. The van der Waals surface area contributed by atoms with Gasteiger partial charge in [0.25, 0.3) is 0 Å². The molecule has 0 fully saturated rings. The Labute approximate surface area is 168 Å². The van der Waals surface area contributed by atoms with Crippen LogP contribution in [0.4, 0.5) is 0 Å². The zero-order chi connectivity index (χ0) is 20.3. The van der Waals surface area contributed by atoms with Gasteiger partial charge in [-0.1, -0.05) is 18.2 Å². The van der Waals surface area contributed by atoms with Gasteiger partial charge < -0.3 is 9.47 Å². The van der Waals surface area contributed by atoms with Crippen LogP contribution in [0, 0.1) is 0 Å². The minimum absolute atomic E-state index is 0.0980. The minimum atomic E-state index is -3.83. The number of nitrogens with one attached hydrogen (secondary N) is 1. The summed E-state index contributed by atoms with van der Waals surface area (Å²) in [5, 5.41) is 2.99. The van der Waals surface area contributed by atoms with Crippen LogP contribution in [0.25, 0.3) is 10.1 Å². The summed E-state index contributed by atoms with van der Waals surface area (Å²) >= 11 is 1.58. The van der Waals surface area contributed by atoms with Crippen LogP contribution >= 0.6 is 11.3 Å². The topological polar surface area (TPSA) is 81.7 Å². The van der Waals surface area contributed by atoms with Crippen LogP contribution < -0.4 is 9.46 Å². The molecule has 0 spiro atoms. The van der Waals surface area contributed by atoms with Crippen molar-refractivity contribution in [3.05, 3.63) is 59.0 Å². The number of thiophene rings is 1. The summed E-state index contributed by atoms with van der Waals surface area (Å²) in [5.41, 5.74) is 1.06. The number of carbonyl (C=O) groups is 1. The molecule has 1 N–H and O–H groups in total. The Morgan fingerprint density at radius 1 is 1.18 bits per heavy atom. The van der Waals surface area contributed by atoms with Gasteiger partial charge in [-0.2, -0.15) is 0 Å². The number of sulfonamides is 1. The molecule has 1 aromatic heterocycles. The Kier molecular flexibility index (Phi) is 6.02. The van der Waals surface area contributed by atoms with Gasteiger partial charge in [-0.15, -0.1) is 11.3 Å². The molecule has 0 aliphatic heterocycles. The summed E-state index contributed by atoms with van der Waals surface area (Å²) < 4.78 is 39.3. The molecule has 1 heterocycles. The monoisotopic (exact) mass is 419 g/mol. The molecule has 0 aliphatic carbocycles. The van der Waals surface area contributed by atoms with E-state index in [1.54, 1.807) is 25.2 Å². The second-order valence-corrected chi connectivity index (χ2v) is 9.07. The lowest BCUT2D eigenvalue weighted by Gasteiger charge is -2.14. The maximum Gasteiger partial charge on any atom is 0.338 e. The molecule has 0 atom stereocenters. The van der Waals surface area contributed by atoms with E-state index in [1.807, 2.05) is 29.6 Å². The molecule has 3 aromatic rings. The van der Waals surface area contributed by atoms with Gasteiger partial charge in [0.2, 0.25) is 10.0 Å². The smallest absolute Gasteiger partial charge is 0.338 e. The molecule has 2 aromatic carbocycles. The molecule has 28 heavy (non-hydrogen) atoms. The van der Waals surface area contributed by atoms with Crippen molar-refractivity contribution in [2.24, 2.45) is 0 Å². The molecular formula is C20H21NO5S2. The van der Waals surface area contributed by atoms with Crippen molar-refractivity contribution < 1.29 is 22.7 Å². The minimum Gasteiger partial charge on any atom is -0.495 e. The molecule has 0 saturated heterocycles. The van der Waals surface area contributed by atoms with E-state index < -0.39 is 16.0 Å². The maximum absolute atomic E-state index is 12.5. The Morgan fingerprint density at radius 3 is 2.64 bits per heavy atom. The third kappa shape index (κ3) is 4.35. The SMILES string of the molecule is COc1ccc(C(=O)OCc2csc3ccccc23)cc1S(=O)(=O)NC(C)C. The molecule has 0 unspecified atom stereocenters. The summed E-state index contributed by atoms with van der Waals surface area (Å²) in [6.45, 7) is 3.54. The Bertz CT molecular complexity index is 1100. The lowest BCUT2D eigenvalue weighted by atomic mass is 10.2. The van der Waals surface area contributed by atoms with Crippen molar-refractivity contribution in [3.63, 3.8) is 0 Å². The van der Waals surface area contributed by atoms with E-state index in [9.17, 15) is 13.2 Å². The van der Waals surface area contributed by atoms with Gasteiger partial charge in [0.05, 0.1) is 12.7 Å². The van der Waals surface area contributed by atoms with E-state index in [4.69, 9.17) is 9.47 Å². The van der Waals surface area contributed by atoms with Crippen molar-refractivity contribution in [3.8, 4) is 5.75 Å². The average Bonchev–Trinajstić information content (AvgIpc) is 3.07. The fraction of sp³-hybridized carbons (Fsp3) is 0.250. The predicted octanol–water partition coefficient (Wildman–Crippen LogP) is 3.95. The fourth-order valence-corrected chi connectivity index (χ4v) is 5.15. The van der Waals surface area contributed by atoms with Crippen LogP contribution in [0.1, 0.15) is 29.8 Å². The van der Waals surface area contributed by atoms with Crippen LogP contribution in [0.3, 0.4) is 0 Å². The quantitative estimate of drug-likeness (QED) is 0.587. The predicted molar refractivity (Wildman–Crippen MR) is 109 cm³/mol. The molecule has 6 nitrogen and oxygen atoms in total. The molecule has 0 radical (unpaired) electrons. The van der Waals surface area contributed by atoms with E-state index in [0.29, 0.717) is 0 Å². The second-order valence-electron chi connectivity index (χ2n) is 6.47. The highest BCUT2D eigenvalue weighted by Crippen LogP contribution is 2.28. The van der Waals surface area contributed by atoms with Gasteiger partial charge in [0, 0.05) is 16.3 Å². The van der Waals surface area contributed by atoms with Crippen LogP contribution in [-0.2, 0) is 21.4 Å². The van der Waals surface area contributed by atoms with Crippen molar-refractivity contribution in [1.29, 1.82) is 0 Å². The van der Waals surface area contributed by atoms with Gasteiger partial charge in [-0.05, 0) is 48.9 Å². The zero-order valence-corrected chi connectivity index (χ0v) is 17.4. The fourth-order valence-electron chi connectivity index (χ4n) is 2.76. The molecule has 8 heteroatoms. The van der Waals surface area contributed by atoms with Crippen molar-refractivity contribution in [1.82, 2.24) is 4.72 Å². The Balaban J connectivity index is 1.83. The highest BCUT2D eigenvalue weighted by atomic mass is 32.2. The van der Waals surface area contributed by atoms with Crippen molar-refractivity contribution in [2.45, 2.75) is 31.4 Å². The molecule has 0 amide bonds. The van der Waals surface area contributed by atoms with Gasteiger partial charge in [-0.3, -0.25) is 0 Å². The van der Waals surface area contributed by atoms with Gasteiger partial charge in [0.1, 0.15) is 17.3 Å². The summed E-state index contributed by atoms with van der Waals surface area (Å²) in [7, 11) is -2.45. The lowest BCUT2D eigenvalue weighted by Crippen LogP contribution is -2.30. The number of rotatable bonds is 7. The van der Waals surface area contributed by atoms with Crippen LogP contribution in [0.15, 0.2) is 52.7 Å². The number of esters is 1. The highest BCUT2D eigenvalue weighted by molar-refractivity contribution is 7.89. The number of fused-ring (bicyclic) bond motifs is 1.